The molecule has 1 aromatic carbocycles. The van der Waals surface area contributed by atoms with Crippen LogP contribution in [-0.2, 0) is 0 Å². The number of nitrogens with zero attached hydrogens (tertiary/aromatic N) is 2. The van der Waals surface area contributed by atoms with Crippen molar-refractivity contribution in [2.45, 2.75) is 6.42 Å². The first kappa shape index (κ1) is 11.4. The maximum Gasteiger partial charge on any atom is 0.136 e. The van der Waals surface area contributed by atoms with Crippen LogP contribution in [0.3, 0.4) is 0 Å². The normalized spacial score (nSPS) is 19.7. The minimum absolute atomic E-state index is 0.216. The maximum atomic E-state index is 13.4. The van der Waals surface area contributed by atoms with Crippen LogP contribution in [0.2, 0.25) is 0 Å². The van der Waals surface area contributed by atoms with E-state index in [2.05, 4.69) is 9.88 Å². The summed E-state index contributed by atoms with van der Waals surface area (Å²) >= 11 is 0. The van der Waals surface area contributed by atoms with E-state index in [9.17, 15) is 4.39 Å². The summed E-state index contributed by atoms with van der Waals surface area (Å²) in [5, 5.41) is 1.91. The van der Waals surface area contributed by atoms with Gasteiger partial charge >= 0.3 is 0 Å². The lowest BCUT2D eigenvalue weighted by atomic mass is 10.1. The second kappa shape index (κ2) is 4.53. The van der Waals surface area contributed by atoms with Crippen LogP contribution >= 0.6 is 0 Å². The Labute approximate surface area is 105 Å². The van der Waals surface area contributed by atoms with Gasteiger partial charge in [-0.05, 0) is 42.5 Å². The molecule has 0 bridgehead atoms. The molecule has 1 unspecified atom stereocenters. The molecule has 0 radical (unpaired) electrons. The van der Waals surface area contributed by atoms with E-state index in [0.29, 0.717) is 12.5 Å². The molecule has 4 heteroatoms. The van der Waals surface area contributed by atoms with E-state index in [1.54, 1.807) is 18.3 Å². The number of aromatic nitrogens is 1. The van der Waals surface area contributed by atoms with Gasteiger partial charge < -0.3 is 10.6 Å². The minimum Gasteiger partial charge on any atom is -0.356 e. The van der Waals surface area contributed by atoms with Crippen molar-refractivity contribution in [3.05, 3.63) is 36.3 Å². The molecule has 2 heterocycles. The van der Waals surface area contributed by atoms with Crippen LogP contribution in [0.15, 0.2) is 30.5 Å². The Bertz CT molecular complexity index is 570. The first-order valence-corrected chi connectivity index (χ1v) is 6.27. The molecule has 1 aliphatic rings. The molecule has 94 valence electrons. The van der Waals surface area contributed by atoms with Crippen LogP contribution in [0.25, 0.3) is 10.8 Å². The lowest BCUT2D eigenvalue weighted by Gasteiger charge is -2.19. The van der Waals surface area contributed by atoms with E-state index >= 15 is 0 Å². The molecule has 1 aromatic heterocycles. The largest absolute Gasteiger partial charge is 0.356 e. The molecule has 0 saturated carbocycles. The number of anilines is 1. The second-order valence-electron chi connectivity index (χ2n) is 4.84. The Balaban J connectivity index is 2.04. The van der Waals surface area contributed by atoms with Crippen molar-refractivity contribution in [1.82, 2.24) is 4.98 Å². The summed E-state index contributed by atoms with van der Waals surface area (Å²) in [4.78, 5) is 6.62. The second-order valence-corrected chi connectivity index (χ2v) is 4.84. The zero-order valence-corrected chi connectivity index (χ0v) is 10.1. The highest BCUT2D eigenvalue weighted by atomic mass is 19.1. The number of fused-ring (bicyclic) bond motifs is 1. The quantitative estimate of drug-likeness (QED) is 0.881. The van der Waals surface area contributed by atoms with Crippen molar-refractivity contribution in [2.24, 2.45) is 11.7 Å². The molecule has 1 atom stereocenters. The van der Waals surface area contributed by atoms with Crippen LogP contribution in [-0.4, -0.2) is 24.6 Å². The molecule has 3 nitrogen and oxygen atoms in total. The zero-order valence-electron chi connectivity index (χ0n) is 10.1. The molecule has 3 rings (SSSR count). The van der Waals surface area contributed by atoms with Gasteiger partial charge in [0, 0.05) is 24.7 Å². The molecule has 1 saturated heterocycles. The van der Waals surface area contributed by atoms with E-state index < -0.39 is 0 Å². The Hall–Kier alpha value is -1.68. The predicted octanol–water partition coefficient (Wildman–Crippen LogP) is 2.16. The van der Waals surface area contributed by atoms with Crippen molar-refractivity contribution in [3.8, 4) is 0 Å². The lowest BCUT2D eigenvalue weighted by Crippen LogP contribution is -2.23. The average molecular weight is 245 g/mol. The monoisotopic (exact) mass is 245 g/mol. The van der Waals surface area contributed by atoms with Gasteiger partial charge in [0.05, 0.1) is 0 Å². The van der Waals surface area contributed by atoms with Gasteiger partial charge in [-0.1, -0.05) is 6.07 Å². The lowest BCUT2D eigenvalue weighted by molar-refractivity contribution is 0.602. The number of halogens is 1. The molecular formula is C14H16FN3. The fourth-order valence-electron chi connectivity index (χ4n) is 2.59. The summed E-state index contributed by atoms with van der Waals surface area (Å²) < 4.78 is 13.4. The van der Waals surface area contributed by atoms with Crippen molar-refractivity contribution in [1.29, 1.82) is 0 Å². The predicted molar refractivity (Wildman–Crippen MR) is 71.1 cm³/mol. The molecule has 1 fully saturated rings. The average Bonchev–Trinajstić information content (AvgIpc) is 2.86. The van der Waals surface area contributed by atoms with Crippen molar-refractivity contribution >= 4 is 16.6 Å². The van der Waals surface area contributed by atoms with Gasteiger partial charge in [0.2, 0.25) is 0 Å². The van der Waals surface area contributed by atoms with Crippen LogP contribution in [0.1, 0.15) is 6.42 Å². The summed E-state index contributed by atoms with van der Waals surface area (Å²) in [7, 11) is 0. The fourth-order valence-corrected chi connectivity index (χ4v) is 2.59. The summed E-state index contributed by atoms with van der Waals surface area (Å²) in [5.41, 5.74) is 5.70. The molecule has 0 amide bonds. The smallest absolute Gasteiger partial charge is 0.136 e. The van der Waals surface area contributed by atoms with E-state index in [0.717, 1.165) is 36.1 Å². The molecule has 2 N–H and O–H groups in total. The van der Waals surface area contributed by atoms with Gasteiger partial charge in [-0.3, -0.25) is 0 Å². The van der Waals surface area contributed by atoms with Gasteiger partial charge in [0.15, 0.2) is 0 Å². The molecule has 0 aliphatic carbocycles. The van der Waals surface area contributed by atoms with Crippen molar-refractivity contribution in [2.75, 3.05) is 24.5 Å². The van der Waals surface area contributed by atoms with Crippen LogP contribution < -0.4 is 10.6 Å². The number of hydrogen-bond donors (Lipinski definition) is 1. The highest BCUT2D eigenvalue weighted by Gasteiger charge is 2.23. The molecular weight excluding hydrogens is 229 g/mol. The molecule has 1 aliphatic heterocycles. The Morgan fingerprint density at radius 1 is 1.39 bits per heavy atom. The van der Waals surface area contributed by atoms with Gasteiger partial charge in [-0.2, -0.15) is 0 Å². The van der Waals surface area contributed by atoms with Gasteiger partial charge in [-0.25, -0.2) is 9.37 Å². The third-order valence-electron chi connectivity index (χ3n) is 3.63. The first-order valence-electron chi connectivity index (χ1n) is 6.27. The topological polar surface area (TPSA) is 42.1 Å². The zero-order chi connectivity index (χ0) is 12.5. The van der Waals surface area contributed by atoms with Crippen LogP contribution in [0, 0.1) is 11.7 Å². The standard InChI is InChI=1S/C14H16FN3/c15-12-2-1-11-3-5-17-14(13(11)7-12)18-6-4-10(8-16)9-18/h1-3,5,7,10H,4,6,8-9,16H2. The van der Waals surface area contributed by atoms with E-state index in [1.165, 1.54) is 6.07 Å². The fraction of sp³-hybridized carbons (Fsp3) is 0.357. The molecule has 2 aromatic rings. The van der Waals surface area contributed by atoms with Crippen molar-refractivity contribution in [3.63, 3.8) is 0 Å². The highest BCUT2D eigenvalue weighted by Crippen LogP contribution is 2.29. The molecule has 0 spiro atoms. The summed E-state index contributed by atoms with van der Waals surface area (Å²) in [6, 6.07) is 6.76. The number of pyridine rings is 1. The van der Waals surface area contributed by atoms with E-state index in [1.807, 2.05) is 6.07 Å². The molecule has 18 heavy (non-hydrogen) atoms. The number of rotatable bonds is 2. The van der Waals surface area contributed by atoms with Crippen LogP contribution in [0.5, 0.6) is 0 Å². The minimum atomic E-state index is -0.216. The SMILES string of the molecule is NCC1CCN(c2nccc3ccc(F)cc23)C1. The Morgan fingerprint density at radius 2 is 2.28 bits per heavy atom. The van der Waals surface area contributed by atoms with Crippen LogP contribution in [0.4, 0.5) is 10.2 Å². The maximum absolute atomic E-state index is 13.4. The number of nitrogens with two attached hydrogens (primary N) is 1. The summed E-state index contributed by atoms with van der Waals surface area (Å²) in [6.45, 7) is 2.57. The Morgan fingerprint density at radius 3 is 3.06 bits per heavy atom. The summed E-state index contributed by atoms with van der Waals surface area (Å²) in [6.07, 6.45) is 2.87. The third kappa shape index (κ3) is 1.93. The summed E-state index contributed by atoms with van der Waals surface area (Å²) in [5.74, 6) is 1.19. The first-order chi connectivity index (χ1) is 8.78. The van der Waals surface area contributed by atoms with Gasteiger partial charge in [0.1, 0.15) is 11.6 Å². The van der Waals surface area contributed by atoms with E-state index in [4.69, 9.17) is 5.73 Å². The van der Waals surface area contributed by atoms with Gasteiger partial charge in [0.25, 0.3) is 0 Å². The van der Waals surface area contributed by atoms with Gasteiger partial charge in [-0.15, -0.1) is 0 Å². The number of benzene rings is 1. The third-order valence-corrected chi connectivity index (χ3v) is 3.63. The Kier molecular flexibility index (Phi) is 2.88. The van der Waals surface area contributed by atoms with E-state index in [-0.39, 0.29) is 5.82 Å². The highest BCUT2D eigenvalue weighted by molar-refractivity contribution is 5.92. The number of hydrogen-bond acceptors (Lipinski definition) is 3. The van der Waals surface area contributed by atoms with Crippen molar-refractivity contribution < 1.29 is 4.39 Å².